The molecular weight excluding hydrogens is 601 g/mol. The molecule has 0 rings (SSSR count). The van der Waals surface area contributed by atoms with Gasteiger partial charge in [0.2, 0.25) is 0 Å². The molecule has 0 amide bonds. The molecule has 0 aromatic carbocycles. The number of phosphoric acid groups is 1. The maximum absolute atomic E-state index is 12.5. The van der Waals surface area contributed by atoms with Crippen LogP contribution in [-0.2, 0) is 27.9 Å². The summed E-state index contributed by atoms with van der Waals surface area (Å²) < 4.78 is 34.5. The Kier molecular flexibility index (Phi) is 29.3. The van der Waals surface area contributed by atoms with Crippen LogP contribution in [0.15, 0.2) is 60.8 Å². The highest BCUT2D eigenvalue weighted by Gasteiger charge is 2.26. The van der Waals surface area contributed by atoms with Crippen LogP contribution in [0.2, 0.25) is 0 Å². The predicted molar refractivity (Wildman–Crippen MR) is 192 cm³/mol. The molecule has 0 heterocycles. The Balaban J connectivity index is 4.45. The number of hydrogen-bond acceptors (Lipinski definition) is 6. The molecule has 0 aromatic rings. The number of rotatable bonds is 31. The zero-order chi connectivity index (χ0) is 34.2. The minimum atomic E-state index is -4.28. The van der Waals surface area contributed by atoms with Gasteiger partial charge in [-0.1, -0.05) is 120 Å². The number of nitrogens with zero attached hydrogens (tertiary/aromatic N) is 1. The lowest BCUT2D eigenvalue weighted by Crippen LogP contribution is -2.37. The molecule has 9 heteroatoms. The first-order valence-corrected chi connectivity index (χ1v) is 19.0. The first-order valence-electron chi connectivity index (χ1n) is 17.5. The third kappa shape index (κ3) is 33.6. The van der Waals surface area contributed by atoms with Gasteiger partial charge in [-0.2, -0.15) is 0 Å². The van der Waals surface area contributed by atoms with Crippen LogP contribution in [-0.4, -0.2) is 75.6 Å². The number of quaternary nitrogens is 1. The molecule has 0 aliphatic carbocycles. The molecule has 0 fully saturated rings. The van der Waals surface area contributed by atoms with Crippen molar-refractivity contribution in [1.82, 2.24) is 0 Å². The summed E-state index contributed by atoms with van der Waals surface area (Å²) >= 11 is 0. The van der Waals surface area contributed by atoms with Gasteiger partial charge in [0.1, 0.15) is 19.3 Å². The average Bonchev–Trinajstić information content (AvgIpc) is 2.99. The fourth-order valence-electron chi connectivity index (χ4n) is 4.14. The largest absolute Gasteiger partial charge is 0.472 e. The Labute approximate surface area is 281 Å². The highest BCUT2D eigenvalue weighted by Crippen LogP contribution is 2.43. The van der Waals surface area contributed by atoms with Crippen LogP contribution < -0.4 is 0 Å². The zero-order valence-electron chi connectivity index (χ0n) is 29.8. The van der Waals surface area contributed by atoms with Gasteiger partial charge in [-0.3, -0.25) is 13.8 Å². The van der Waals surface area contributed by atoms with Gasteiger partial charge in [-0.15, -0.1) is 0 Å². The summed E-state index contributed by atoms with van der Waals surface area (Å²) in [5.41, 5.74) is 0. The molecule has 0 saturated carbocycles. The van der Waals surface area contributed by atoms with E-state index in [0.29, 0.717) is 30.5 Å². The lowest BCUT2D eigenvalue weighted by atomic mass is 10.1. The van der Waals surface area contributed by atoms with E-state index < -0.39 is 13.9 Å². The van der Waals surface area contributed by atoms with E-state index in [1.165, 1.54) is 32.1 Å². The third-order valence-electron chi connectivity index (χ3n) is 6.86. The minimum absolute atomic E-state index is 0.0733. The summed E-state index contributed by atoms with van der Waals surface area (Å²) in [6.07, 6.45) is 35.7. The summed E-state index contributed by atoms with van der Waals surface area (Å²) in [5.74, 6) is -0.347. The van der Waals surface area contributed by atoms with Gasteiger partial charge in [0, 0.05) is 6.42 Å². The van der Waals surface area contributed by atoms with Crippen LogP contribution in [0.25, 0.3) is 0 Å². The Hall–Kier alpha value is -1.80. The summed E-state index contributed by atoms with van der Waals surface area (Å²) in [6.45, 7) is 5.21. The highest BCUT2D eigenvalue weighted by atomic mass is 31.2. The van der Waals surface area contributed by atoms with E-state index >= 15 is 0 Å². The molecule has 2 unspecified atom stereocenters. The average molecular weight is 669 g/mol. The Morgan fingerprint density at radius 1 is 0.696 bits per heavy atom. The number of hydrogen-bond donors (Lipinski definition) is 1. The molecule has 0 saturated heterocycles. The van der Waals surface area contributed by atoms with E-state index in [0.717, 1.165) is 51.4 Å². The molecule has 46 heavy (non-hydrogen) atoms. The number of likely N-dealkylation sites (N-methyl/N-ethyl adjacent to an activating group) is 1. The van der Waals surface area contributed by atoms with E-state index in [4.69, 9.17) is 18.5 Å². The number of allylic oxidation sites excluding steroid dienone is 9. The number of carbonyl (C=O) groups excluding carboxylic acids is 1. The molecule has 0 aliphatic heterocycles. The minimum Gasteiger partial charge on any atom is -0.457 e. The van der Waals surface area contributed by atoms with E-state index in [1.54, 1.807) is 0 Å². The SMILES string of the molecule is CC/C=C\C/C=C\C/C=C\C/C=C\C/C=C\CCOCC(COP(=O)(O)OCC[N+](C)(C)C)OC(=O)CCCCCCCCCC. The van der Waals surface area contributed by atoms with Crippen molar-refractivity contribution in [2.75, 3.05) is 54.1 Å². The van der Waals surface area contributed by atoms with Gasteiger partial charge in [-0.05, 0) is 44.9 Å². The van der Waals surface area contributed by atoms with Crippen LogP contribution in [0.1, 0.15) is 110 Å². The van der Waals surface area contributed by atoms with Gasteiger partial charge in [0.25, 0.3) is 0 Å². The number of ether oxygens (including phenoxy) is 2. The van der Waals surface area contributed by atoms with E-state index in [1.807, 2.05) is 21.1 Å². The smallest absolute Gasteiger partial charge is 0.457 e. The third-order valence-corrected chi connectivity index (χ3v) is 7.85. The Morgan fingerprint density at radius 2 is 1.22 bits per heavy atom. The lowest BCUT2D eigenvalue weighted by Gasteiger charge is -2.24. The zero-order valence-corrected chi connectivity index (χ0v) is 30.7. The van der Waals surface area contributed by atoms with Gasteiger partial charge in [-0.25, -0.2) is 4.57 Å². The second-order valence-electron chi connectivity index (χ2n) is 12.5. The molecule has 8 nitrogen and oxygen atoms in total. The van der Waals surface area contributed by atoms with Crippen molar-refractivity contribution in [3.05, 3.63) is 60.8 Å². The normalized spacial score (nSPS) is 14.8. The van der Waals surface area contributed by atoms with Crippen molar-refractivity contribution in [3.8, 4) is 0 Å². The van der Waals surface area contributed by atoms with Crippen molar-refractivity contribution in [1.29, 1.82) is 0 Å². The van der Waals surface area contributed by atoms with E-state index in [2.05, 4.69) is 74.6 Å². The number of esters is 1. The Morgan fingerprint density at radius 3 is 1.76 bits per heavy atom. The van der Waals surface area contributed by atoms with Crippen LogP contribution in [0, 0.1) is 0 Å². The van der Waals surface area contributed by atoms with Crippen molar-refractivity contribution in [3.63, 3.8) is 0 Å². The van der Waals surface area contributed by atoms with Crippen LogP contribution in [0.5, 0.6) is 0 Å². The molecule has 0 radical (unpaired) electrons. The molecular formula is C37H67NO7P+. The highest BCUT2D eigenvalue weighted by molar-refractivity contribution is 7.47. The summed E-state index contributed by atoms with van der Waals surface area (Å²) in [5, 5.41) is 0. The van der Waals surface area contributed by atoms with Gasteiger partial charge < -0.3 is 18.9 Å². The Bertz CT molecular complexity index is 921. The maximum atomic E-state index is 12.5. The first-order chi connectivity index (χ1) is 22.1. The van der Waals surface area contributed by atoms with Crippen LogP contribution in [0.4, 0.5) is 0 Å². The second kappa shape index (κ2) is 30.5. The van der Waals surface area contributed by atoms with Crippen molar-refractivity contribution in [2.24, 2.45) is 0 Å². The predicted octanol–water partition coefficient (Wildman–Crippen LogP) is 9.43. The lowest BCUT2D eigenvalue weighted by molar-refractivity contribution is -0.870. The quantitative estimate of drug-likeness (QED) is 0.0259. The van der Waals surface area contributed by atoms with Crippen LogP contribution in [0.3, 0.4) is 0 Å². The van der Waals surface area contributed by atoms with Gasteiger partial charge >= 0.3 is 13.8 Å². The summed E-state index contributed by atoms with van der Waals surface area (Å²) in [7, 11) is 1.61. The van der Waals surface area contributed by atoms with Crippen molar-refractivity contribution < 1.29 is 37.3 Å². The first kappa shape index (κ1) is 44.2. The fraction of sp³-hybridized carbons (Fsp3) is 0.703. The summed E-state index contributed by atoms with van der Waals surface area (Å²) in [4.78, 5) is 22.6. The van der Waals surface area contributed by atoms with Gasteiger partial charge in [0.15, 0.2) is 0 Å². The van der Waals surface area contributed by atoms with Crippen molar-refractivity contribution in [2.45, 2.75) is 116 Å². The number of carbonyl (C=O) groups is 1. The molecule has 0 bridgehead atoms. The topological polar surface area (TPSA) is 91.3 Å². The van der Waals surface area contributed by atoms with Crippen LogP contribution >= 0.6 is 7.82 Å². The molecule has 266 valence electrons. The summed E-state index contributed by atoms with van der Waals surface area (Å²) in [6, 6.07) is 0. The molecule has 2 atom stereocenters. The van der Waals surface area contributed by atoms with Gasteiger partial charge in [0.05, 0.1) is 41.0 Å². The maximum Gasteiger partial charge on any atom is 0.472 e. The monoisotopic (exact) mass is 668 g/mol. The number of phosphoric ester groups is 1. The molecule has 0 aliphatic rings. The molecule has 0 aromatic heterocycles. The standard InChI is InChI=1S/C37H66NO7P/c1-6-8-10-12-14-16-17-18-19-20-21-22-23-25-27-29-32-42-34-36(35-44-46(40,41)43-33-31-38(3,4)5)45-37(39)30-28-26-24-15-13-11-9-7-2/h8,10,14,16,18-19,21-22,25,27,36H,6-7,9,11-13,15,17,20,23-24,26,28-35H2,1-5H3/p+1/b10-8-,16-14-,19-18-,22-21-,27-25-. The van der Waals surface area contributed by atoms with E-state index in [9.17, 15) is 14.3 Å². The molecule has 0 spiro atoms. The fourth-order valence-corrected chi connectivity index (χ4v) is 4.89. The molecule has 1 N–H and O–H groups in total. The second-order valence-corrected chi connectivity index (χ2v) is 14.0. The number of unbranched alkanes of at least 4 members (excludes halogenated alkanes) is 7. The van der Waals surface area contributed by atoms with Crippen molar-refractivity contribution >= 4 is 13.8 Å². The van der Waals surface area contributed by atoms with E-state index in [-0.39, 0.29) is 25.8 Å².